The Hall–Kier alpha value is -1.32. The number of hydrogen-bond acceptors (Lipinski definition) is 4. The number of rotatable bonds is 5. The van der Waals surface area contributed by atoms with E-state index in [0.717, 1.165) is 50.0 Å². The molecule has 0 saturated carbocycles. The lowest BCUT2D eigenvalue weighted by molar-refractivity contribution is 0.263. The van der Waals surface area contributed by atoms with E-state index in [1.165, 1.54) is 12.0 Å². The summed E-state index contributed by atoms with van der Waals surface area (Å²) in [5.74, 6) is 2.89. The van der Waals surface area contributed by atoms with Crippen molar-refractivity contribution >= 4 is 11.6 Å². The second-order valence-electron chi connectivity index (χ2n) is 7.10. The van der Waals surface area contributed by atoms with Gasteiger partial charge in [-0.3, -0.25) is 0 Å². The van der Waals surface area contributed by atoms with Crippen molar-refractivity contribution in [2.45, 2.75) is 53.9 Å². The van der Waals surface area contributed by atoms with E-state index in [2.05, 4.69) is 54.8 Å². The van der Waals surface area contributed by atoms with Gasteiger partial charge in [-0.05, 0) is 30.6 Å². The summed E-state index contributed by atoms with van der Waals surface area (Å²) in [6, 6.07) is 0. The van der Waals surface area contributed by atoms with Crippen LogP contribution < -0.4 is 10.2 Å². The molecule has 1 saturated heterocycles. The van der Waals surface area contributed by atoms with E-state index in [1.54, 1.807) is 6.33 Å². The normalized spacial score (nSPS) is 19.1. The van der Waals surface area contributed by atoms with Gasteiger partial charge < -0.3 is 10.2 Å². The van der Waals surface area contributed by atoms with Crippen LogP contribution in [0, 0.1) is 11.3 Å². The van der Waals surface area contributed by atoms with Crippen LogP contribution in [0.5, 0.6) is 0 Å². The van der Waals surface area contributed by atoms with Crippen LogP contribution in [0.3, 0.4) is 0 Å². The molecule has 1 aromatic heterocycles. The summed E-state index contributed by atoms with van der Waals surface area (Å²) < 4.78 is 0. The lowest BCUT2D eigenvalue weighted by Gasteiger charge is -2.28. The van der Waals surface area contributed by atoms with Crippen LogP contribution in [-0.4, -0.2) is 29.6 Å². The highest BCUT2D eigenvalue weighted by molar-refractivity contribution is 5.59. The summed E-state index contributed by atoms with van der Waals surface area (Å²) in [5.41, 5.74) is 1.64. The number of anilines is 2. The monoisotopic (exact) mass is 290 g/mol. The van der Waals surface area contributed by atoms with Crippen LogP contribution in [-0.2, 0) is 6.42 Å². The number of hydrogen-bond donors (Lipinski definition) is 1. The molecule has 1 unspecified atom stereocenters. The molecular weight excluding hydrogens is 260 g/mol. The van der Waals surface area contributed by atoms with Gasteiger partial charge in [0.25, 0.3) is 0 Å². The van der Waals surface area contributed by atoms with E-state index < -0.39 is 0 Å². The highest BCUT2D eigenvalue weighted by Crippen LogP contribution is 2.36. The Kier molecular flexibility index (Phi) is 5.07. The summed E-state index contributed by atoms with van der Waals surface area (Å²) in [7, 11) is 0. The van der Waals surface area contributed by atoms with Crippen LogP contribution in [0.15, 0.2) is 6.33 Å². The molecule has 0 radical (unpaired) electrons. The zero-order chi connectivity index (χ0) is 15.5. The molecule has 0 aromatic carbocycles. The maximum Gasteiger partial charge on any atom is 0.137 e. The number of nitrogens with one attached hydrogen (secondary N) is 1. The third kappa shape index (κ3) is 3.66. The Morgan fingerprint density at radius 1 is 1.29 bits per heavy atom. The Labute approximate surface area is 129 Å². The quantitative estimate of drug-likeness (QED) is 0.897. The molecule has 118 valence electrons. The van der Waals surface area contributed by atoms with Crippen molar-refractivity contribution in [3.05, 3.63) is 11.9 Å². The molecule has 1 aliphatic heterocycles. The molecule has 0 amide bonds. The van der Waals surface area contributed by atoms with E-state index in [1.807, 2.05) is 0 Å². The van der Waals surface area contributed by atoms with E-state index in [4.69, 9.17) is 0 Å². The van der Waals surface area contributed by atoms with Gasteiger partial charge in [0.15, 0.2) is 0 Å². The molecule has 2 rings (SSSR count). The average Bonchev–Trinajstić information content (AvgIpc) is 2.94. The second kappa shape index (κ2) is 6.63. The van der Waals surface area contributed by atoms with E-state index in [9.17, 15) is 0 Å². The third-order valence-corrected chi connectivity index (χ3v) is 4.53. The van der Waals surface area contributed by atoms with Gasteiger partial charge in [0.2, 0.25) is 0 Å². The molecule has 1 fully saturated rings. The molecule has 0 spiro atoms. The lowest BCUT2D eigenvalue weighted by Crippen LogP contribution is -2.27. The predicted molar refractivity (Wildman–Crippen MR) is 90.0 cm³/mol. The van der Waals surface area contributed by atoms with Crippen LogP contribution >= 0.6 is 0 Å². The van der Waals surface area contributed by atoms with Crippen molar-refractivity contribution in [2.75, 3.05) is 29.9 Å². The third-order valence-electron chi connectivity index (χ3n) is 4.53. The largest absolute Gasteiger partial charge is 0.370 e. The minimum Gasteiger partial charge on any atom is -0.370 e. The van der Waals surface area contributed by atoms with Gasteiger partial charge in [-0.25, -0.2) is 9.97 Å². The van der Waals surface area contributed by atoms with Gasteiger partial charge in [-0.15, -0.1) is 0 Å². The molecule has 1 atom stereocenters. The van der Waals surface area contributed by atoms with E-state index in [-0.39, 0.29) is 0 Å². The zero-order valence-electron chi connectivity index (χ0n) is 14.2. The van der Waals surface area contributed by atoms with E-state index >= 15 is 0 Å². The Bertz CT molecular complexity index is 464. The first-order chi connectivity index (χ1) is 9.97. The minimum atomic E-state index is 0.372. The maximum absolute atomic E-state index is 4.59. The molecule has 1 aromatic rings. The first-order valence-corrected chi connectivity index (χ1v) is 8.30. The fourth-order valence-electron chi connectivity index (χ4n) is 3.06. The smallest absolute Gasteiger partial charge is 0.137 e. The molecule has 4 heteroatoms. The van der Waals surface area contributed by atoms with Crippen molar-refractivity contribution < 1.29 is 0 Å². The van der Waals surface area contributed by atoms with E-state index in [0.29, 0.717) is 5.41 Å². The fourth-order valence-corrected chi connectivity index (χ4v) is 3.06. The van der Waals surface area contributed by atoms with Crippen LogP contribution in [0.1, 0.15) is 53.0 Å². The first kappa shape index (κ1) is 16.1. The number of aromatic nitrogens is 2. The standard InChI is InChI=1S/C17H30N4/c1-6-9-18-15-14(7-2)16(20-12-19-15)21-10-8-13(11-21)17(3,4)5/h12-13H,6-11H2,1-5H3,(H,18,19,20). The van der Waals surface area contributed by atoms with Crippen molar-refractivity contribution in [3.8, 4) is 0 Å². The van der Waals surface area contributed by atoms with Gasteiger partial charge in [-0.2, -0.15) is 0 Å². The Morgan fingerprint density at radius 3 is 2.62 bits per heavy atom. The van der Waals surface area contributed by atoms with Crippen molar-refractivity contribution in [1.29, 1.82) is 0 Å². The first-order valence-electron chi connectivity index (χ1n) is 8.30. The van der Waals surface area contributed by atoms with Crippen molar-refractivity contribution in [2.24, 2.45) is 11.3 Å². The highest BCUT2D eigenvalue weighted by Gasteiger charge is 2.33. The number of nitrogens with zero attached hydrogens (tertiary/aromatic N) is 3. The lowest BCUT2D eigenvalue weighted by atomic mass is 9.80. The van der Waals surface area contributed by atoms with Crippen LogP contribution in [0.4, 0.5) is 11.6 Å². The molecule has 1 aliphatic rings. The van der Waals surface area contributed by atoms with Gasteiger partial charge >= 0.3 is 0 Å². The van der Waals surface area contributed by atoms with Gasteiger partial charge in [0.1, 0.15) is 18.0 Å². The minimum absolute atomic E-state index is 0.372. The predicted octanol–water partition coefficient (Wildman–Crippen LogP) is 3.73. The van der Waals surface area contributed by atoms with Crippen molar-refractivity contribution in [1.82, 2.24) is 9.97 Å². The highest BCUT2D eigenvalue weighted by atomic mass is 15.2. The molecule has 2 heterocycles. The van der Waals surface area contributed by atoms with Crippen molar-refractivity contribution in [3.63, 3.8) is 0 Å². The average molecular weight is 290 g/mol. The molecule has 4 nitrogen and oxygen atoms in total. The van der Waals surface area contributed by atoms with Gasteiger partial charge in [-0.1, -0.05) is 34.6 Å². The summed E-state index contributed by atoms with van der Waals surface area (Å²) in [6.07, 6.45) is 5.04. The molecule has 0 aliphatic carbocycles. The molecule has 0 bridgehead atoms. The van der Waals surface area contributed by atoms with Gasteiger partial charge in [0, 0.05) is 25.2 Å². The summed E-state index contributed by atoms with van der Waals surface area (Å²) in [4.78, 5) is 11.5. The molecular formula is C17H30N4. The Morgan fingerprint density at radius 2 is 2.05 bits per heavy atom. The van der Waals surface area contributed by atoms with Gasteiger partial charge in [0.05, 0.1) is 0 Å². The summed E-state index contributed by atoms with van der Waals surface area (Å²) >= 11 is 0. The molecule has 1 N–H and O–H groups in total. The topological polar surface area (TPSA) is 41.1 Å². The fraction of sp³-hybridized carbons (Fsp3) is 0.765. The SMILES string of the molecule is CCCNc1ncnc(N2CCC(C(C)(C)C)C2)c1CC. The second-order valence-corrected chi connectivity index (χ2v) is 7.10. The van der Waals surface area contributed by atoms with Crippen LogP contribution in [0.2, 0.25) is 0 Å². The zero-order valence-corrected chi connectivity index (χ0v) is 14.2. The summed E-state index contributed by atoms with van der Waals surface area (Å²) in [6.45, 7) is 14.6. The maximum atomic E-state index is 4.59. The molecule has 21 heavy (non-hydrogen) atoms. The van der Waals surface area contributed by atoms with Crippen LogP contribution in [0.25, 0.3) is 0 Å². The summed E-state index contributed by atoms with van der Waals surface area (Å²) in [5, 5.41) is 3.44. The Balaban J connectivity index is 2.20.